The maximum atomic E-state index is 12.3. The summed E-state index contributed by atoms with van der Waals surface area (Å²) in [5.41, 5.74) is 0. The van der Waals surface area contributed by atoms with E-state index in [1.807, 2.05) is 18.7 Å². The largest absolute Gasteiger partial charge is 0.396 e. The van der Waals surface area contributed by atoms with Crippen molar-refractivity contribution in [3.8, 4) is 0 Å². The lowest BCUT2D eigenvalue weighted by Crippen LogP contribution is -2.46. The van der Waals surface area contributed by atoms with Gasteiger partial charge in [-0.25, -0.2) is 4.79 Å². The summed E-state index contributed by atoms with van der Waals surface area (Å²) in [6.07, 6.45) is 3.73. The van der Waals surface area contributed by atoms with Gasteiger partial charge in [-0.1, -0.05) is 25.2 Å². The third kappa shape index (κ3) is 3.67. The number of nitrogens with zero attached hydrogens (tertiary/aromatic N) is 3. The molecule has 1 aliphatic heterocycles. The van der Waals surface area contributed by atoms with Crippen LogP contribution in [0.15, 0.2) is 0 Å². The molecule has 0 saturated carbocycles. The predicted molar refractivity (Wildman–Crippen MR) is 79.1 cm³/mol. The van der Waals surface area contributed by atoms with Gasteiger partial charge in [0.25, 0.3) is 0 Å². The number of carbonyl (C=O) groups is 1. The number of aliphatic hydroxyl groups is 1. The first-order valence-electron chi connectivity index (χ1n) is 7.13. The van der Waals surface area contributed by atoms with Gasteiger partial charge in [0.15, 0.2) is 0 Å². The molecule has 2 N–H and O–H groups in total. The normalized spacial score (nSPS) is 19.4. The number of carbonyl (C=O) groups excluding carboxylic acids is 1. The van der Waals surface area contributed by atoms with Crippen molar-refractivity contribution in [2.75, 3.05) is 18.5 Å². The van der Waals surface area contributed by atoms with Gasteiger partial charge in [-0.15, -0.1) is 10.2 Å². The van der Waals surface area contributed by atoms with Gasteiger partial charge in [-0.05, 0) is 25.7 Å². The molecule has 6 nitrogen and oxygen atoms in total. The molecule has 2 amide bonds. The van der Waals surface area contributed by atoms with Gasteiger partial charge in [0.05, 0.1) is 0 Å². The van der Waals surface area contributed by atoms with E-state index in [-0.39, 0.29) is 18.7 Å². The first-order chi connectivity index (χ1) is 9.61. The number of rotatable bonds is 4. The molecule has 0 aliphatic carbocycles. The van der Waals surface area contributed by atoms with E-state index in [0.717, 1.165) is 30.8 Å². The van der Waals surface area contributed by atoms with Crippen LogP contribution in [-0.4, -0.2) is 45.4 Å². The minimum atomic E-state index is -0.130. The van der Waals surface area contributed by atoms with Crippen LogP contribution in [0.4, 0.5) is 9.93 Å². The van der Waals surface area contributed by atoms with Gasteiger partial charge < -0.3 is 10.0 Å². The fourth-order valence-corrected chi connectivity index (χ4v) is 3.13. The van der Waals surface area contributed by atoms with Crippen LogP contribution in [0.1, 0.15) is 50.5 Å². The van der Waals surface area contributed by atoms with Gasteiger partial charge in [0.1, 0.15) is 5.01 Å². The maximum absolute atomic E-state index is 12.3. The van der Waals surface area contributed by atoms with Gasteiger partial charge in [-0.3, -0.25) is 5.32 Å². The Kier molecular flexibility index (Phi) is 5.31. The minimum Gasteiger partial charge on any atom is -0.396 e. The van der Waals surface area contributed by atoms with Gasteiger partial charge in [-0.2, -0.15) is 0 Å². The monoisotopic (exact) mass is 298 g/mol. The summed E-state index contributed by atoms with van der Waals surface area (Å²) >= 11 is 1.42. The van der Waals surface area contributed by atoms with Crippen LogP contribution < -0.4 is 5.32 Å². The number of nitrogens with one attached hydrogen (secondary N) is 1. The van der Waals surface area contributed by atoms with Crippen molar-refractivity contribution in [2.24, 2.45) is 0 Å². The fourth-order valence-electron chi connectivity index (χ4n) is 2.40. The summed E-state index contributed by atoms with van der Waals surface area (Å²) < 4.78 is 0. The first kappa shape index (κ1) is 15.2. The molecule has 20 heavy (non-hydrogen) atoms. The van der Waals surface area contributed by atoms with Crippen LogP contribution in [0, 0.1) is 0 Å². The number of aliphatic hydroxyl groups excluding tert-OH is 1. The number of piperidine rings is 1. The fraction of sp³-hybridized carbons (Fsp3) is 0.769. The summed E-state index contributed by atoms with van der Waals surface area (Å²) in [4.78, 5) is 14.1. The van der Waals surface area contributed by atoms with Crippen LogP contribution in [0.3, 0.4) is 0 Å². The Balaban J connectivity index is 1.98. The Morgan fingerprint density at radius 2 is 2.30 bits per heavy atom. The molecule has 1 aliphatic rings. The Morgan fingerprint density at radius 3 is 2.95 bits per heavy atom. The minimum absolute atomic E-state index is 0.116. The zero-order valence-electron chi connectivity index (χ0n) is 12.0. The Morgan fingerprint density at radius 1 is 1.50 bits per heavy atom. The highest BCUT2D eigenvalue weighted by atomic mass is 32.1. The number of anilines is 1. The van der Waals surface area contributed by atoms with E-state index < -0.39 is 0 Å². The molecule has 0 bridgehead atoms. The van der Waals surface area contributed by atoms with Crippen LogP contribution in [-0.2, 0) is 0 Å². The highest BCUT2D eigenvalue weighted by Gasteiger charge is 2.26. The second-order valence-electron chi connectivity index (χ2n) is 5.39. The van der Waals surface area contributed by atoms with Crippen LogP contribution in [0.2, 0.25) is 0 Å². The van der Waals surface area contributed by atoms with E-state index in [1.54, 1.807) is 0 Å². The quantitative estimate of drug-likeness (QED) is 0.895. The zero-order chi connectivity index (χ0) is 14.5. The third-order valence-corrected chi connectivity index (χ3v) is 4.64. The number of urea groups is 1. The summed E-state index contributed by atoms with van der Waals surface area (Å²) in [6.45, 7) is 4.96. The third-order valence-electron chi connectivity index (χ3n) is 3.50. The molecule has 1 atom stereocenters. The SMILES string of the molecule is CC(C)c1nnc(NC(=O)N2CCCC[C@@H]2CCO)s1. The average Bonchev–Trinajstić information content (AvgIpc) is 2.88. The zero-order valence-corrected chi connectivity index (χ0v) is 12.8. The molecule has 2 rings (SSSR count). The average molecular weight is 298 g/mol. The smallest absolute Gasteiger partial charge is 0.323 e. The first-order valence-corrected chi connectivity index (χ1v) is 7.95. The van der Waals surface area contributed by atoms with E-state index >= 15 is 0 Å². The van der Waals surface area contributed by atoms with Crippen LogP contribution >= 0.6 is 11.3 Å². The molecule has 1 saturated heterocycles. The molecule has 0 spiro atoms. The van der Waals surface area contributed by atoms with Crippen LogP contribution in [0.5, 0.6) is 0 Å². The maximum Gasteiger partial charge on any atom is 0.323 e. The van der Waals surface area contributed by atoms with Gasteiger partial charge in [0, 0.05) is 25.1 Å². The van der Waals surface area contributed by atoms with Gasteiger partial charge >= 0.3 is 6.03 Å². The molecule has 1 fully saturated rings. The van der Waals surface area contributed by atoms with E-state index in [2.05, 4.69) is 15.5 Å². The molecule has 1 aromatic heterocycles. The van der Waals surface area contributed by atoms with Gasteiger partial charge in [0.2, 0.25) is 5.13 Å². The van der Waals surface area contributed by atoms with E-state index in [0.29, 0.717) is 17.5 Å². The molecule has 7 heteroatoms. The van der Waals surface area contributed by atoms with E-state index in [9.17, 15) is 4.79 Å². The van der Waals surface area contributed by atoms with Crippen LogP contribution in [0.25, 0.3) is 0 Å². The summed E-state index contributed by atoms with van der Waals surface area (Å²) in [6, 6.07) is 0.000784. The lowest BCUT2D eigenvalue weighted by atomic mass is 10.0. The second-order valence-corrected chi connectivity index (χ2v) is 6.39. The topological polar surface area (TPSA) is 78.4 Å². The molecule has 112 valence electrons. The highest BCUT2D eigenvalue weighted by Crippen LogP contribution is 2.24. The molecule has 1 aromatic rings. The van der Waals surface area contributed by atoms with E-state index in [4.69, 9.17) is 5.11 Å². The molecule has 0 aromatic carbocycles. The van der Waals surface area contributed by atoms with Crippen molar-refractivity contribution in [1.29, 1.82) is 0 Å². The van der Waals surface area contributed by atoms with Crippen molar-refractivity contribution < 1.29 is 9.90 Å². The Hall–Kier alpha value is -1.21. The predicted octanol–water partition coefficient (Wildman–Crippen LogP) is 2.43. The molecule has 0 radical (unpaired) electrons. The van der Waals surface area contributed by atoms with Crippen molar-refractivity contribution in [1.82, 2.24) is 15.1 Å². The number of hydrogen-bond acceptors (Lipinski definition) is 5. The Bertz CT molecular complexity index is 447. The molecular weight excluding hydrogens is 276 g/mol. The number of hydrogen-bond donors (Lipinski definition) is 2. The molecule has 2 heterocycles. The summed E-state index contributed by atoms with van der Waals surface area (Å²) in [5, 5.41) is 21.5. The van der Waals surface area contributed by atoms with Crippen molar-refractivity contribution >= 4 is 22.5 Å². The number of aromatic nitrogens is 2. The summed E-state index contributed by atoms with van der Waals surface area (Å²) in [7, 11) is 0. The van der Waals surface area contributed by atoms with Crippen molar-refractivity contribution in [2.45, 2.75) is 51.5 Å². The lowest BCUT2D eigenvalue weighted by molar-refractivity contribution is 0.141. The number of amides is 2. The van der Waals surface area contributed by atoms with Crippen molar-refractivity contribution in [3.05, 3.63) is 5.01 Å². The molecular formula is C13H22N4O2S. The molecule has 0 unspecified atom stereocenters. The second kappa shape index (κ2) is 6.99. The number of likely N-dealkylation sites (tertiary alicyclic amines) is 1. The van der Waals surface area contributed by atoms with Crippen molar-refractivity contribution in [3.63, 3.8) is 0 Å². The summed E-state index contributed by atoms with van der Waals surface area (Å²) in [5.74, 6) is 0.315. The van der Waals surface area contributed by atoms with E-state index in [1.165, 1.54) is 11.3 Å². The standard InChI is InChI=1S/C13H22N4O2S/c1-9(2)11-15-16-12(20-11)14-13(19)17-7-4-3-5-10(17)6-8-18/h9-10,18H,3-8H2,1-2H3,(H,14,16,19)/t10-/m1/s1. The Labute approximate surface area is 123 Å². The lowest BCUT2D eigenvalue weighted by Gasteiger charge is -2.35. The highest BCUT2D eigenvalue weighted by molar-refractivity contribution is 7.15.